The van der Waals surface area contributed by atoms with Crippen LogP contribution in [0.15, 0.2) is 42.6 Å². The van der Waals surface area contributed by atoms with Crippen molar-refractivity contribution in [2.45, 2.75) is 6.92 Å². The summed E-state index contributed by atoms with van der Waals surface area (Å²) in [5.41, 5.74) is 3.88. The maximum Gasteiger partial charge on any atom is 0.213 e. The number of benzene rings is 1. The van der Waals surface area contributed by atoms with Crippen molar-refractivity contribution in [2.75, 3.05) is 0 Å². The number of aromatic nitrogens is 1. The Labute approximate surface area is 104 Å². The van der Waals surface area contributed by atoms with Crippen LogP contribution >= 0.6 is 22.6 Å². The van der Waals surface area contributed by atoms with Gasteiger partial charge in [-0.3, -0.25) is 0 Å². The van der Waals surface area contributed by atoms with Crippen LogP contribution in [0.2, 0.25) is 0 Å². The Balaban J connectivity index is 2.64. The Hall–Kier alpha value is -0.900. The number of hydrogen-bond donors (Lipinski definition) is 0. The third-order valence-corrected chi connectivity index (χ3v) is 3.20. The lowest BCUT2D eigenvalue weighted by Gasteiger charge is -2.03. The van der Waals surface area contributed by atoms with Crippen LogP contribution in [0.4, 0.5) is 0 Å². The molecule has 2 heteroatoms. The fourth-order valence-electron chi connectivity index (χ4n) is 1.67. The lowest BCUT2D eigenvalue weighted by atomic mass is 10.1. The average molecular weight is 310 g/mol. The summed E-state index contributed by atoms with van der Waals surface area (Å²) in [6.07, 6.45) is 2.10. The maximum absolute atomic E-state index is 2.35. The van der Waals surface area contributed by atoms with Gasteiger partial charge in [-0.25, -0.2) is 4.57 Å². The number of halogens is 1. The first-order chi connectivity index (χ1) is 7.18. The monoisotopic (exact) mass is 310 g/mol. The normalized spacial score (nSPS) is 10.3. The molecule has 0 radical (unpaired) electrons. The van der Waals surface area contributed by atoms with Crippen molar-refractivity contribution in [3.8, 4) is 11.3 Å². The molecular formula is C13H13IN+. The Morgan fingerprint density at radius 3 is 2.60 bits per heavy atom. The van der Waals surface area contributed by atoms with Crippen molar-refractivity contribution in [3.05, 3.63) is 51.7 Å². The molecule has 0 aliphatic heterocycles. The zero-order chi connectivity index (χ0) is 10.8. The summed E-state index contributed by atoms with van der Waals surface area (Å²) in [6, 6.07) is 12.8. The van der Waals surface area contributed by atoms with E-state index in [4.69, 9.17) is 0 Å². The molecule has 0 unspecified atom stereocenters. The minimum atomic E-state index is 1.26. The first-order valence-corrected chi connectivity index (χ1v) is 5.97. The first-order valence-electron chi connectivity index (χ1n) is 4.89. The van der Waals surface area contributed by atoms with E-state index >= 15 is 0 Å². The summed E-state index contributed by atoms with van der Waals surface area (Å²) < 4.78 is 3.42. The summed E-state index contributed by atoms with van der Waals surface area (Å²) in [5.74, 6) is 0. The molecule has 0 fully saturated rings. The standard InChI is InChI=1S/C13H13IN/c1-10-5-3-4-6-12(10)13-9-11(14)7-8-15(13)2/h3-9H,1-2H3/q+1. The Bertz CT molecular complexity index is 492. The molecule has 0 atom stereocenters. The third kappa shape index (κ3) is 2.20. The molecule has 2 rings (SSSR count). The Morgan fingerprint density at radius 1 is 1.13 bits per heavy atom. The van der Waals surface area contributed by atoms with E-state index in [2.05, 4.69) is 83.7 Å². The van der Waals surface area contributed by atoms with Gasteiger partial charge in [0.2, 0.25) is 5.69 Å². The highest BCUT2D eigenvalue weighted by atomic mass is 127. The smallest absolute Gasteiger partial charge is 0.201 e. The number of hydrogen-bond acceptors (Lipinski definition) is 0. The van der Waals surface area contributed by atoms with Crippen molar-refractivity contribution in [1.82, 2.24) is 0 Å². The van der Waals surface area contributed by atoms with Crippen molar-refractivity contribution in [1.29, 1.82) is 0 Å². The van der Waals surface area contributed by atoms with E-state index in [9.17, 15) is 0 Å². The number of aryl methyl sites for hydroxylation is 2. The van der Waals surface area contributed by atoms with Crippen LogP contribution in [0.5, 0.6) is 0 Å². The van der Waals surface area contributed by atoms with E-state index in [1.54, 1.807) is 0 Å². The SMILES string of the molecule is Cc1ccccc1-c1cc(I)cc[n+]1C. The average Bonchev–Trinajstić information content (AvgIpc) is 2.23. The second-order valence-electron chi connectivity index (χ2n) is 3.66. The molecule has 0 bridgehead atoms. The highest BCUT2D eigenvalue weighted by molar-refractivity contribution is 14.1. The highest BCUT2D eigenvalue weighted by Crippen LogP contribution is 2.20. The molecule has 0 saturated heterocycles. The molecule has 1 heterocycles. The van der Waals surface area contributed by atoms with Crippen molar-refractivity contribution < 1.29 is 4.57 Å². The molecule has 1 nitrogen and oxygen atoms in total. The van der Waals surface area contributed by atoms with Crippen LogP contribution in [0.3, 0.4) is 0 Å². The van der Waals surface area contributed by atoms with Gasteiger partial charge >= 0.3 is 0 Å². The lowest BCUT2D eigenvalue weighted by molar-refractivity contribution is -0.660. The van der Waals surface area contributed by atoms with E-state index in [-0.39, 0.29) is 0 Å². The lowest BCUT2D eigenvalue weighted by Crippen LogP contribution is -2.30. The number of rotatable bonds is 1. The third-order valence-electron chi connectivity index (χ3n) is 2.53. The van der Waals surface area contributed by atoms with E-state index in [0.29, 0.717) is 0 Å². The fraction of sp³-hybridized carbons (Fsp3) is 0.154. The summed E-state index contributed by atoms with van der Waals surface area (Å²) in [5, 5.41) is 0. The quantitative estimate of drug-likeness (QED) is 0.563. The van der Waals surface area contributed by atoms with Gasteiger partial charge in [0, 0.05) is 21.3 Å². The number of pyridine rings is 1. The van der Waals surface area contributed by atoms with Gasteiger partial charge in [-0.2, -0.15) is 0 Å². The largest absolute Gasteiger partial charge is 0.213 e. The predicted molar refractivity (Wildman–Crippen MR) is 70.5 cm³/mol. The van der Waals surface area contributed by atoms with Gasteiger partial charge in [0.25, 0.3) is 0 Å². The molecule has 1 aromatic carbocycles. The molecule has 0 amide bonds. The van der Waals surface area contributed by atoms with Gasteiger partial charge < -0.3 is 0 Å². The minimum Gasteiger partial charge on any atom is -0.201 e. The highest BCUT2D eigenvalue weighted by Gasteiger charge is 2.11. The first kappa shape index (κ1) is 10.6. The van der Waals surface area contributed by atoms with E-state index in [1.165, 1.54) is 20.4 Å². The van der Waals surface area contributed by atoms with Gasteiger partial charge in [-0.05, 0) is 41.1 Å². The van der Waals surface area contributed by atoms with Crippen LogP contribution < -0.4 is 4.57 Å². The van der Waals surface area contributed by atoms with E-state index in [1.807, 2.05) is 0 Å². The van der Waals surface area contributed by atoms with Gasteiger partial charge in [0.15, 0.2) is 6.20 Å². The minimum absolute atomic E-state index is 1.26. The summed E-state index contributed by atoms with van der Waals surface area (Å²) >= 11 is 2.35. The van der Waals surface area contributed by atoms with Crippen LogP contribution in [-0.4, -0.2) is 0 Å². The molecule has 15 heavy (non-hydrogen) atoms. The van der Waals surface area contributed by atoms with Crippen LogP contribution in [0.1, 0.15) is 5.56 Å². The van der Waals surface area contributed by atoms with Crippen molar-refractivity contribution in [3.63, 3.8) is 0 Å². The van der Waals surface area contributed by atoms with Crippen molar-refractivity contribution in [2.24, 2.45) is 7.05 Å². The second-order valence-corrected chi connectivity index (χ2v) is 4.90. The zero-order valence-electron chi connectivity index (χ0n) is 8.87. The predicted octanol–water partition coefficient (Wildman–Crippen LogP) is 3.09. The topological polar surface area (TPSA) is 3.88 Å². The molecule has 76 valence electrons. The van der Waals surface area contributed by atoms with Gasteiger partial charge in [0.05, 0.1) is 0 Å². The van der Waals surface area contributed by atoms with E-state index < -0.39 is 0 Å². The van der Waals surface area contributed by atoms with E-state index in [0.717, 1.165) is 0 Å². The molecule has 2 aromatic rings. The Morgan fingerprint density at radius 2 is 1.87 bits per heavy atom. The summed E-state index contributed by atoms with van der Waals surface area (Å²) in [4.78, 5) is 0. The maximum atomic E-state index is 2.35. The van der Waals surface area contributed by atoms with Crippen LogP contribution in [0.25, 0.3) is 11.3 Å². The van der Waals surface area contributed by atoms with Crippen LogP contribution in [-0.2, 0) is 7.05 Å². The van der Waals surface area contributed by atoms with Gasteiger partial charge in [0.1, 0.15) is 7.05 Å². The molecular weight excluding hydrogens is 297 g/mol. The Kier molecular flexibility index (Phi) is 3.05. The van der Waals surface area contributed by atoms with Gasteiger partial charge in [-0.1, -0.05) is 18.2 Å². The zero-order valence-corrected chi connectivity index (χ0v) is 11.0. The second kappa shape index (κ2) is 4.31. The number of nitrogens with zero attached hydrogens (tertiary/aromatic N) is 1. The van der Waals surface area contributed by atoms with Crippen LogP contribution in [0, 0.1) is 10.5 Å². The van der Waals surface area contributed by atoms with Crippen molar-refractivity contribution >= 4 is 22.6 Å². The molecule has 0 aliphatic carbocycles. The molecule has 0 aliphatic rings. The molecule has 0 saturated carbocycles. The summed E-state index contributed by atoms with van der Waals surface area (Å²) in [7, 11) is 2.08. The summed E-state index contributed by atoms with van der Waals surface area (Å²) in [6.45, 7) is 2.15. The fourth-order valence-corrected chi connectivity index (χ4v) is 2.13. The molecule has 0 spiro atoms. The molecule has 1 aromatic heterocycles. The molecule has 0 N–H and O–H groups in total. The van der Waals surface area contributed by atoms with Gasteiger partial charge in [-0.15, -0.1) is 0 Å².